The summed E-state index contributed by atoms with van der Waals surface area (Å²) >= 11 is 1.63. The fraction of sp³-hybridized carbons (Fsp3) is 0.357. The van der Waals surface area contributed by atoms with E-state index in [2.05, 4.69) is 57.4 Å². The molecule has 5 rings (SSSR count). The number of nitrogens with one attached hydrogen (secondary N) is 1. The van der Waals surface area contributed by atoms with E-state index in [4.69, 9.17) is 14.5 Å². The number of methoxy groups -OCH3 is 1. The number of rotatable bonds is 9. The van der Waals surface area contributed by atoms with Crippen molar-refractivity contribution in [3.63, 3.8) is 0 Å². The van der Waals surface area contributed by atoms with Crippen molar-refractivity contribution in [2.24, 2.45) is 0 Å². The number of nitrogens with zero attached hydrogens (tertiary/aromatic N) is 4. The van der Waals surface area contributed by atoms with E-state index in [1.165, 1.54) is 5.56 Å². The number of carbonyl (C=O) groups excluding carboxylic acids is 1. The van der Waals surface area contributed by atoms with Crippen LogP contribution in [0.3, 0.4) is 0 Å². The number of aryl methyl sites for hydroxylation is 1. The molecule has 4 aromatic rings. The number of anilines is 1. The molecular formula is C28H33N5O3S. The van der Waals surface area contributed by atoms with Gasteiger partial charge >= 0.3 is 6.03 Å². The molecule has 0 saturated carbocycles. The van der Waals surface area contributed by atoms with E-state index >= 15 is 0 Å². The number of para-hydroxylation sites is 2. The lowest BCUT2D eigenvalue weighted by molar-refractivity contribution is 0.0352. The molecule has 0 radical (unpaired) electrons. The van der Waals surface area contributed by atoms with Gasteiger partial charge in [-0.1, -0.05) is 42.0 Å². The van der Waals surface area contributed by atoms with Crippen LogP contribution < -0.4 is 10.1 Å². The summed E-state index contributed by atoms with van der Waals surface area (Å²) in [4.78, 5) is 23.4. The van der Waals surface area contributed by atoms with Gasteiger partial charge in [-0.2, -0.15) is 0 Å². The van der Waals surface area contributed by atoms with Gasteiger partial charge in [-0.25, -0.2) is 9.78 Å². The first-order valence-corrected chi connectivity index (χ1v) is 13.5. The molecule has 0 atom stereocenters. The number of thiazole rings is 1. The third kappa shape index (κ3) is 6.12. The average molecular weight is 520 g/mol. The zero-order chi connectivity index (χ0) is 25.6. The van der Waals surface area contributed by atoms with Crippen molar-refractivity contribution < 1.29 is 14.3 Å². The van der Waals surface area contributed by atoms with Crippen LogP contribution in [-0.4, -0.2) is 78.3 Å². The molecule has 0 spiro atoms. The fourth-order valence-corrected chi connectivity index (χ4v) is 5.37. The van der Waals surface area contributed by atoms with Gasteiger partial charge in [0.2, 0.25) is 0 Å². The fourth-order valence-electron chi connectivity index (χ4n) is 4.47. The molecule has 2 amide bonds. The summed E-state index contributed by atoms with van der Waals surface area (Å²) in [7, 11) is 1.61. The van der Waals surface area contributed by atoms with Gasteiger partial charge in [-0.15, -0.1) is 11.3 Å². The molecule has 2 aromatic heterocycles. The van der Waals surface area contributed by atoms with Crippen molar-refractivity contribution >= 4 is 28.0 Å². The number of benzene rings is 2. The van der Waals surface area contributed by atoms with Crippen molar-refractivity contribution in [3.8, 4) is 17.0 Å². The van der Waals surface area contributed by atoms with Crippen LogP contribution in [0.5, 0.6) is 5.75 Å². The highest BCUT2D eigenvalue weighted by Crippen LogP contribution is 2.25. The number of amides is 2. The lowest BCUT2D eigenvalue weighted by atomic mass is 10.1. The molecular weight excluding hydrogens is 486 g/mol. The third-order valence-electron chi connectivity index (χ3n) is 6.69. The van der Waals surface area contributed by atoms with Crippen LogP contribution in [0.1, 0.15) is 11.3 Å². The number of urea groups is 1. The summed E-state index contributed by atoms with van der Waals surface area (Å²) in [6.45, 7) is 7.39. The first-order chi connectivity index (χ1) is 18.1. The molecule has 0 aliphatic carbocycles. The van der Waals surface area contributed by atoms with Crippen molar-refractivity contribution in [1.29, 1.82) is 0 Å². The van der Waals surface area contributed by atoms with Crippen LogP contribution >= 0.6 is 11.3 Å². The Labute approximate surface area is 221 Å². The lowest BCUT2D eigenvalue weighted by Gasteiger charge is -2.30. The molecule has 1 aliphatic rings. The minimum atomic E-state index is -0.129. The Bertz CT molecular complexity index is 1330. The summed E-state index contributed by atoms with van der Waals surface area (Å²) in [5, 5.41) is 5.19. The zero-order valence-electron chi connectivity index (χ0n) is 21.4. The predicted octanol–water partition coefficient (Wildman–Crippen LogP) is 4.79. The first kappa shape index (κ1) is 25.3. The van der Waals surface area contributed by atoms with Crippen LogP contribution in [0.25, 0.3) is 16.2 Å². The highest BCUT2D eigenvalue weighted by atomic mass is 32.1. The van der Waals surface area contributed by atoms with Crippen LogP contribution in [0, 0.1) is 6.92 Å². The molecule has 0 bridgehead atoms. The van der Waals surface area contributed by atoms with Crippen LogP contribution in [0.2, 0.25) is 0 Å². The average Bonchev–Trinajstić information content (AvgIpc) is 3.51. The van der Waals surface area contributed by atoms with E-state index in [1.807, 2.05) is 29.2 Å². The van der Waals surface area contributed by atoms with Crippen LogP contribution in [0.15, 0.2) is 60.1 Å². The van der Waals surface area contributed by atoms with E-state index in [1.54, 1.807) is 18.4 Å². The van der Waals surface area contributed by atoms with Gasteiger partial charge in [0.25, 0.3) is 0 Å². The van der Waals surface area contributed by atoms with Gasteiger partial charge in [-0.3, -0.25) is 9.30 Å². The Morgan fingerprint density at radius 1 is 1.14 bits per heavy atom. The molecule has 2 aromatic carbocycles. The van der Waals surface area contributed by atoms with Crippen LogP contribution in [-0.2, 0) is 11.2 Å². The number of morpholine rings is 1. The quantitative estimate of drug-likeness (QED) is 0.344. The number of imidazole rings is 1. The molecule has 9 heteroatoms. The summed E-state index contributed by atoms with van der Waals surface area (Å²) in [6, 6.07) is 15.8. The van der Waals surface area contributed by atoms with E-state index in [0.717, 1.165) is 61.2 Å². The Kier molecular flexibility index (Phi) is 8.03. The van der Waals surface area contributed by atoms with Crippen LogP contribution in [0.4, 0.5) is 10.5 Å². The van der Waals surface area contributed by atoms with Gasteiger partial charge in [0.05, 0.1) is 31.7 Å². The molecule has 1 fully saturated rings. The largest absolute Gasteiger partial charge is 0.495 e. The maximum absolute atomic E-state index is 13.4. The summed E-state index contributed by atoms with van der Waals surface area (Å²) in [5.74, 6) is 0.644. The molecule has 194 valence electrons. The van der Waals surface area contributed by atoms with E-state index < -0.39 is 0 Å². The Morgan fingerprint density at radius 3 is 2.70 bits per heavy atom. The monoisotopic (exact) mass is 519 g/mol. The molecule has 37 heavy (non-hydrogen) atoms. The Morgan fingerprint density at radius 2 is 1.92 bits per heavy atom. The number of carbonyl (C=O) groups is 1. The van der Waals surface area contributed by atoms with E-state index in [0.29, 0.717) is 24.5 Å². The second-order valence-corrected chi connectivity index (χ2v) is 10.0. The Balaban J connectivity index is 1.30. The number of fused-ring (bicyclic) bond motifs is 1. The van der Waals surface area contributed by atoms with Gasteiger partial charge in [0, 0.05) is 62.0 Å². The molecule has 0 unspecified atom stereocenters. The first-order valence-electron chi connectivity index (χ1n) is 12.6. The van der Waals surface area contributed by atoms with Gasteiger partial charge in [-0.05, 0) is 19.1 Å². The second-order valence-electron chi connectivity index (χ2n) is 9.19. The maximum atomic E-state index is 13.4. The topological polar surface area (TPSA) is 71.3 Å². The Hall–Kier alpha value is -3.40. The highest BCUT2D eigenvalue weighted by Gasteiger charge is 2.19. The van der Waals surface area contributed by atoms with Crippen molar-refractivity contribution in [2.45, 2.75) is 13.3 Å². The number of hydrogen-bond donors (Lipinski definition) is 1. The van der Waals surface area contributed by atoms with Crippen molar-refractivity contribution in [3.05, 3.63) is 71.4 Å². The van der Waals surface area contributed by atoms with E-state index in [-0.39, 0.29) is 6.03 Å². The normalized spacial score (nSPS) is 14.1. The summed E-state index contributed by atoms with van der Waals surface area (Å²) in [5.41, 5.74) is 5.12. The minimum absolute atomic E-state index is 0.129. The van der Waals surface area contributed by atoms with Crippen molar-refractivity contribution in [2.75, 3.05) is 58.4 Å². The lowest BCUT2D eigenvalue weighted by Crippen LogP contribution is -2.45. The highest BCUT2D eigenvalue weighted by molar-refractivity contribution is 7.15. The molecule has 1 N–H and O–H groups in total. The second kappa shape index (κ2) is 11.8. The minimum Gasteiger partial charge on any atom is -0.495 e. The zero-order valence-corrected chi connectivity index (χ0v) is 22.2. The number of hydrogen-bond acceptors (Lipinski definition) is 6. The maximum Gasteiger partial charge on any atom is 0.322 e. The predicted molar refractivity (Wildman–Crippen MR) is 148 cm³/mol. The molecule has 1 saturated heterocycles. The molecule has 3 heterocycles. The molecule has 1 aliphatic heterocycles. The van der Waals surface area contributed by atoms with Gasteiger partial charge < -0.3 is 19.7 Å². The van der Waals surface area contributed by atoms with Crippen molar-refractivity contribution in [1.82, 2.24) is 19.2 Å². The van der Waals surface area contributed by atoms with Gasteiger partial charge in [0.1, 0.15) is 5.75 Å². The molecule has 8 nitrogen and oxygen atoms in total. The standard InChI is InChI=1S/C28H33N5O3S/c1-21-7-9-22(10-8-21)25-19-33-23(20-37-28(33)30-25)11-12-32(14-13-31-15-17-36-18-16-31)27(34)29-24-5-3-4-6-26(24)35-2/h3-10,19-20H,11-18H2,1-2H3,(H,29,34). The number of ether oxygens (including phenoxy) is 2. The van der Waals surface area contributed by atoms with E-state index in [9.17, 15) is 4.79 Å². The third-order valence-corrected chi connectivity index (χ3v) is 7.58. The summed E-state index contributed by atoms with van der Waals surface area (Å²) < 4.78 is 13.1. The SMILES string of the molecule is COc1ccccc1NC(=O)N(CCc1csc2nc(-c3ccc(C)cc3)cn12)CCN1CCOCC1. The smallest absolute Gasteiger partial charge is 0.322 e. The van der Waals surface area contributed by atoms with Gasteiger partial charge in [0.15, 0.2) is 4.96 Å². The summed E-state index contributed by atoms with van der Waals surface area (Å²) in [6.07, 6.45) is 2.82. The number of aromatic nitrogens is 2.